The smallest absolute Gasteiger partial charge is 0.167 e. The molecule has 2 aromatic heterocycles. The molecular formula is C10H11N5O3. The van der Waals surface area contributed by atoms with Crippen molar-refractivity contribution in [3.63, 3.8) is 0 Å². The number of nitrogens with two attached hydrogens (primary N) is 1. The van der Waals surface area contributed by atoms with Gasteiger partial charge in [-0.15, -0.1) is 0 Å². The van der Waals surface area contributed by atoms with Crippen LogP contribution in [0, 0.1) is 0 Å². The maximum atomic E-state index is 9.96. The van der Waals surface area contributed by atoms with Crippen molar-refractivity contribution < 1.29 is 14.9 Å². The Hall–Kier alpha value is -1.77. The molecule has 94 valence electrons. The third-order valence-electron chi connectivity index (χ3n) is 3.55. The van der Waals surface area contributed by atoms with E-state index in [4.69, 9.17) is 10.5 Å². The Kier molecular flexibility index (Phi) is 1.79. The second-order valence-corrected chi connectivity index (χ2v) is 4.58. The van der Waals surface area contributed by atoms with E-state index >= 15 is 0 Å². The number of nitrogen functional groups attached to an aromatic ring is 1. The van der Waals surface area contributed by atoms with E-state index in [1.807, 2.05) is 0 Å². The van der Waals surface area contributed by atoms with Crippen LogP contribution in [0.15, 0.2) is 6.33 Å². The normalized spacial score (nSPS) is 33.9. The van der Waals surface area contributed by atoms with Crippen LogP contribution in [0.4, 0.5) is 5.82 Å². The van der Waals surface area contributed by atoms with Gasteiger partial charge in [0.25, 0.3) is 0 Å². The van der Waals surface area contributed by atoms with Gasteiger partial charge in [0.2, 0.25) is 0 Å². The number of imidazole rings is 1. The van der Waals surface area contributed by atoms with Crippen molar-refractivity contribution in [1.29, 1.82) is 0 Å². The van der Waals surface area contributed by atoms with Gasteiger partial charge in [0.1, 0.15) is 24.4 Å². The number of ether oxygens (including phenoxy) is 1. The third kappa shape index (κ3) is 1.07. The van der Waals surface area contributed by atoms with E-state index in [1.54, 1.807) is 4.57 Å². The van der Waals surface area contributed by atoms with Gasteiger partial charge in [0, 0.05) is 6.42 Å². The highest BCUT2D eigenvalue weighted by Crippen LogP contribution is 2.38. The Morgan fingerprint density at radius 2 is 2.17 bits per heavy atom. The molecule has 0 spiro atoms. The minimum absolute atomic E-state index is 0.299. The van der Waals surface area contributed by atoms with Crippen molar-refractivity contribution >= 4 is 17.0 Å². The molecule has 0 radical (unpaired) electrons. The summed E-state index contributed by atoms with van der Waals surface area (Å²) in [5.41, 5.74) is 6.78. The largest absolute Gasteiger partial charge is 0.388 e. The van der Waals surface area contributed by atoms with E-state index in [2.05, 4.69) is 15.0 Å². The van der Waals surface area contributed by atoms with Crippen LogP contribution in [-0.4, -0.2) is 48.0 Å². The first-order valence-corrected chi connectivity index (χ1v) is 5.65. The predicted octanol–water partition coefficient (Wildman–Crippen LogP) is -1.42. The molecule has 2 aromatic rings. The standard InChI is InChI=1S/C10H11N5O3/c11-8-5-9(13-2-12-8)15-4(14-5)1-3-6(16)7(17)10(15)18-3/h2-3,6-7,10,16-17H,1H2,(H2,11,12,13)/t3-,6+,7?,10-/m1/s1. The van der Waals surface area contributed by atoms with E-state index in [0.717, 1.165) is 0 Å². The van der Waals surface area contributed by atoms with Crippen LogP contribution in [0.25, 0.3) is 11.2 Å². The summed E-state index contributed by atoms with van der Waals surface area (Å²) in [7, 11) is 0. The van der Waals surface area contributed by atoms with Gasteiger partial charge in [-0.25, -0.2) is 15.0 Å². The van der Waals surface area contributed by atoms with Gasteiger partial charge in [-0.05, 0) is 0 Å². The monoisotopic (exact) mass is 249 g/mol. The summed E-state index contributed by atoms with van der Waals surface area (Å²) >= 11 is 0. The molecule has 0 aliphatic carbocycles. The molecule has 0 saturated carbocycles. The average Bonchev–Trinajstić information content (AvgIpc) is 2.84. The molecule has 4 atom stereocenters. The molecule has 8 heteroatoms. The Morgan fingerprint density at radius 1 is 1.33 bits per heavy atom. The number of nitrogens with zero attached hydrogens (tertiary/aromatic N) is 4. The predicted molar refractivity (Wildman–Crippen MR) is 59.4 cm³/mol. The highest BCUT2D eigenvalue weighted by atomic mass is 16.6. The quantitative estimate of drug-likeness (QED) is 0.524. The number of aliphatic hydroxyl groups excluding tert-OH is 2. The second kappa shape index (κ2) is 3.16. The van der Waals surface area contributed by atoms with E-state index in [0.29, 0.717) is 29.2 Å². The van der Waals surface area contributed by atoms with Crippen LogP contribution in [0.1, 0.15) is 12.1 Å². The molecule has 4 heterocycles. The maximum absolute atomic E-state index is 9.96. The van der Waals surface area contributed by atoms with Gasteiger partial charge in [0.05, 0.1) is 6.10 Å². The second-order valence-electron chi connectivity index (χ2n) is 4.58. The molecule has 1 fully saturated rings. The Labute approximate surface area is 101 Å². The molecular weight excluding hydrogens is 238 g/mol. The Morgan fingerprint density at radius 3 is 3.00 bits per heavy atom. The topological polar surface area (TPSA) is 119 Å². The fourth-order valence-electron chi connectivity index (χ4n) is 2.67. The Balaban J connectivity index is 1.99. The number of rotatable bonds is 0. The number of hydrogen-bond donors (Lipinski definition) is 3. The van der Waals surface area contributed by atoms with Gasteiger partial charge < -0.3 is 20.7 Å². The average molecular weight is 249 g/mol. The van der Waals surface area contributed by atoms with Crippen molar-refractivity contribution in [3.8, 4) is 0 Å². The van der Waals surface area contributed by atoms with E-state index in [9.17, 15) is 10.2 Å². The van der Waals surface area contributed by atoms with E-state index < -0.39 is 24.5 Å². The van der Waals surface area contributed by atoms with Crippen LogP contribution in [0.2, 0.25) is 0 Å². The molecule has 2 aliphatic rings. The van der Waals surface area contributed by atoms with Gasteiger partial charge in [-0.2, -0.15) is 0 Å². The summed E-state index contributed by atoms with van der Waals surface area (Å²) in [4.78, 5) is 12.4. The van der Waals surface area contributed by atoms with Crippen LogP contribution in [0.3, 0.4) is 0 Å². The number of anilines is 1. The first kappa shape index (κ1) is 10.2. The zero-order chi connectivity index (χ0) is 12.4. The lowest BCUT2D eigenvalue weighted by molar-refractivity contribution is -0.0525. The van der Waals surface area contributed by atoms with Crippen LogP contribution in [0.5, 0.6) is 0 Å². The molecule has 0 aromatic carbocycles. The summed E-state index contributed by atoms with van der Waals surface area (Å²) in [6, 6.07) is 0. The van der Waals surface area contributed by atoms with Crippen LogP contribution >= 0.6 is 0 Å². The summed E-state index contributed by atoms with van der Waals surface area (Å²) < 4.78 is 7.26. The fraction of sp³-hybridized carbons (Fsp3) is 0.500. The molecule has 1 unspecified atom stereocenters. The van der Waals surface area contributed by atoms with E-state index in [-0.39, 0.29) is 0 Å². The number of aliphatic hydroxyl groups is 2. The molecule has 2 bridgehead atoms. The summed E-state index contributed by atoms with van der Waals surface area (Å²) in [5, 5.41) is 19.8. The number of fused-ring (bicyclic) bond motifs is 6. The molecule has 8 nitrogen and oxygen atoms in total. The molecule has 4 N–H and O–H groups in total. The van der Waals surface area contributed by atoms with E-state index in [1.165, 1.54) is 6.33 Å². The first-order valence-electron chi connectivity index (χ1n) is 5.65. The van der Waals surface area contributed by atoms with Gasteiger partial charge in [0.15, 0.2) is 23.2 Å². The highest BCUT2D eigenvalue weighted by Gasteiger charge is 2.49. The van der Waals surface area contributed by atoms with Crippen molar-refractivity contribution in [2.75, 3.05) is 5.73 Å². The Bertz CT molecular complexity index is 642. The van der Waals surface area contributed by atoms with Crippen LogP contribution in [-0.2, 0) is 11.2 Å². The fourth-order valence-corrected chi connectivity index (χ4v) is 2.67. The lowest BCUT2D eigenvalue weighted by atomic mass is 10.1. The van der Waals surface area contributed by atoms with Gasteiger partial charge in [-0.3, -0.25) is 4.57 Å². The molecule has 18 heavy (non-hydrogen) atoms. The lowest BCUT2D eigenvalue weighted by Gasteiger charge is -2.23. The minimum Gasteiger partial charge on any atom is -0.388 e. The highest BCUT2D eigenvalue weighted by molar-refractivity contribution is 5.82. The minimum atomic E-state index is -0.982. The third-order valence-corrected chi connectivity index (χ3v) is 3.55. The lowest BCUT2D eigenvalue weighted by Crippen LogP contribution is -2.30. The SMILES string of the molecule is Nc1ncnc2c1nc1n2[C@@H]2O[C@H](C1)[C@H](O)C2O. The molecule has 4 rings (SSSR count). The number of hydrogen-bond acceptors (Lipinski definition) is 7. The van der Waals surface area contributed by atoms with Crippen molar-refractivity contribution in [1.82, 2.24) is 19.5 Å². The molecule has 1 saturated heterocycles. The maximum Gasteiger partial charge on any atom is 0.167 e. The van der Waals surface area contributed by atoms with Crippen molar-refractivity contribution in [2.24, 2.45) is 0 Å². The first-order chi connectivity index (χ1) is 8.66. The summed E-state index contributed by atoms with van der Waals surface area (Å²) in [6.07, 6.45) is -1.20. The zero-order valence-electron chi connectivity index (χ0n) is 9.26. The summed E-state index contributed by atoms with van der Waals surface area (Å²) in [6.45, 7) is 0. The molecule has 0 amide bonds. The van der Waals surface area contributed by atoms with Gasteiger partial charge >= 0.3 is 0 Å². The summed E-state index contributed by atoms with van der Waals surface area (Å²) in [5.74, 6) is 1.00. The van der Waals surface area contributed by atoms with Gasteiger partial charge in [-0.1, -0.05) is 0 Å². The van der Waals surface area contributed by atoms with Crippen molar-refractivity contribution in [2.45, 2.75) is 31.0 Å². The van der Waals surface area contributed by atoms with Crippen molar-refractivity contribution in [3.05, 3.63) is 12.2 Å². The molecule has 2 aliphatic heterocycles. The zero-order valence-corrected chi connectivity index (χ0v) is 9.26. The van der Waals surface area contributed by atoms with Crippen LogP contribution < -0.4 is 5.73 Å². The number of aromatic nitrogens is 4.